The lowest BCUT2D eigenvalue weighted by molar-refractivity contribution is 0.591. The number of rotatable bonds is 10. The summed E-state index contributed by atoms with van der Waals surface area (Å²) in [5.74, 6) is 0. The molecule has 0 atom stereocenters. The standard InChI is InChI=1S/C44H37N3O2P2/c1-33(45-35-23-27-41(28-24-35)50(48,37-15-7-3-8-16-37)38-17-9-4-10-18-38)43-31-32-44(47-43)34(2)46-36-25-29-42(30-26-36)51(49,39-19-11-5-12-20-39)40-21-13-6-14-22-40/h3-32,47H,1-2H3. The van der Waals surface area contributed by atoms with Gasteiger partial charge in [0.05, 0.1) is 34.2 Å². The van der Waals surface area contributed by atoms with Gasteiger partial charge in [-0.2, -0.15) is 0 Å². The fraction of sp³-hybridized carbons (Fsp3) is 0.0455. The van der Waals surface area contributed by atoms with Crippen LogP contribution in [0.4, 0.5) is 11.4 Å². The summed E-state index contributed by atoms with van der Waals surface area (Å²) >= 11 is 0. The van der Waals surface area contributed by atoms with E-state index in [2.05, 4.69) is 4.98 Å². The van der Waals surface area contributed by atoms with E-state index < -0.39 is 14.3 Å². The summed E-state index contributed by atoms with van der Waals surface area (Å²) in [4.78, 5) is 13.2. The molecule has 0 amide bonds. The van der Waals surface area contributed by atoms with Crippen LogP contribution in [-0.2, 0) is 9.13 Å². The highest BCUT2D eigenvalue weighted by molar-refractivity contribution is 7.85. The Bertz CT molecular complexity index is 2150. The first-order chi connectivity index (χ1) is 24.9. The lowest BCUT2D eigenvalue weighted by atomic mass is 10.2. The van der Waals surface area contributed by atoms with Crippen molar-refractivity contribution in [2.45, 2.75) is 13.8 Å². The first-order valence-electron chi connectivity index (χ1n) is 16.8. The van der Waals surface area contributed by atoms with Crippen LogP contribution < -0.4 is 31.8 Å². The first kappa shape index (κ1) is 33.9. The van der Waals surface area contributed by atoms with Crippen molar-refractivity contribution < 1.29 is 9.13 Å². The summed E-state index contributed by atoms with van der Waals surface area (Å²) in [6, 6.07) is 58.0. The number of nitrogens with zero attached hydrogens (tertiary/aromatic N) is 2. The number of aliphatic imine (C=N–C) groups is 2. The molecule has 0 aliphatic rings. The molecule has 1 heterocycles. The third-order valence-corrected chi connectivity index (χ3v) is 15.1. The fourth-order valence-electron chi connectivity index (χ4n) is 6.25. The molecule has 1 N–H and O–H groups in total. The van der Waals surface area contributed by atoms with Crippen LogP contribution in [-0.4, -0.2) is 16.4 Å². The molecule has 0 radical (unpaired) electrons. The number of benzene rings is 6. The third-order valence-electron chi connectivity index (χ3n) is 8.97. The van der Waals surface area contributed by atoms with Crippen LogP contribution in [0.1, 0.15) is 25.2 Å². The van der Waals surface area contributed by atoms with Gasteiger partial charge >= 0.3 is 0 Å². The van der Waals surface area contributed by atoms with Crippen molar-refractivity contribution in [2.24, 2.45) is 9.98 Å². The minimum Gasteiger partial charge on any atom is -0.353 e. The van der Waals surface area contributed by atoms with Crippen molar-refractivity contribution >= 4 is 68.9 Å². The summed E-state index contributed by atoms with van der Waals surface area (Å²) in [5, 5.41) is 4.73. The molecule has 6 aromatic carbocycles. The number of aromatic nitrogens is 1. The van der Waals surface area contributed by atoms with Crippen molar-refractivity contribution in [1.82, 2.24) is 4.98 Å². The van der Waals surface area contributed by atoms with Gasteiger partial charge in [0, 0.05) is 31.8 Å². The van der Waals surface area contributed by atoms with Gasteiger partial charge in [-0.25, -0.2) is 0 Å². The summed E-state index contributed by atoms with van der Waals surface area (Å²) in [6.45, 7) is 3.93. The average Bonchev–Trinajstić information content (AvgIpc) is 3.71. The number of nitrogens with one attached hydrogen (secondary N) is 1. The Morgan fingerprint density at radius 1 is 0.373 bits per heavy atom. The maximum atomic E-state index is 14.7. The van der Waals surface area contributed by atoms with Crippen LogP contribution in [0.15, 0.2) is 192 Å². The number of H-pyrrole nitrogens is 1. The Hall–Kier alpha value is -5.60. The highest BCUT2D eigenvalue weighted by Crippen LogP contribution is 2.43. The predicted molar refractivity (Wildman–Crippen MR) is 216 cm³/mol. The smallest absolute Gasteiger partial charge is 0.171 e. The highest BCUT2D eigenvalue weighted by atomic mass is 31.2. The molecule has 7 aromatic rings. The van der Waals surface area contributed by atoms with Gasteiger partial charge in [-0.1, -0.05) is 121 Å². The first-order valence-corrected chi connectivity index (χ1v) is 20.2. The lowest BCUT2D eigenvalue weighted by Crippen LogP contribution is -2.24. The van der Waals surface area contributed by atoms with Gasteiger partial charge in [0.1, 0.15) is 0 Å². The molecule has 0 aliphatic heterocycles. The van der Waals surface area contributed by atoms with Crippen LogP contribution in [0, 0.1) is 0 Å². The van der Waals surface area contributed by atoms with E-state index in [-0.39, 0.29) is 0 Å². The van der Waals surface area contributed by atoms with Gasteiger partial charge in [0.15, 0.2) is 14.3 Å². The average molecular weight is 702 g/mol. The van der Waals surface area contributed by atoms with E-state index in [0.717, 1.165) is 66.0 Å². The molecule has 1 aromatic heterocycles. The zero-order valence-corrected chi connectivity index (χ0v) is 30.2. The Balaban J connectivity index is 1.11. The van der Waals surface area contributed by atoms with Crippen LogP contribution in [0.3, 0.4) is 0 Å². The van der Waals surface area contributed by atoms with E-state index in [9.17, 15) is 9.13 Å². The molecular weight excluding hydrogens is 664 g/mol. The van der Waals surface area contributed by atoms with Crippen molar-refractivity contribution in [3.63, 3.8) is 0 Å². The van der Waals surface area contributed by atoms with E-state index in [4.69, 9.17) is 9.98 Å². The molecule has 7 heteroatoms. The van der Waals surface area contributed by atoms with Crippen molar-refractivity contribution in [2.75, 3.05) is 0 Å². The van der Waals surface area contributed by atoms with Gasteiger partial charge in [0.25, 0.3) is 0 Å². The van der Waals surface area contributed by atoms with E-state index in [0.29, 0.717) is 0 Å². The molecule has 0 bridgehead atoms. The molecule has 5 nitrogen and oxygen atoms in total. The maximum Gasteiger partial charge on any atom is 0.171 e. The minimum atomic E-state index is -3.05. The lowest BCUT2D eigenvalue weighted by Gasteiger charge is -2.20. The molecule has 0 unspecified atom stereocenters. The van der Waals surface area contributed by atoms with Crippen molar-refractivity contribution in [3.05, 3.63) is 193 Å². The van der Waals surface area contributed by atoms with Crippen LogP contribution in [0.5, 0.6) is 0 Å². The molecular formula is C44H37N3O2P2. The SMILES string of the molecule is CC(=Nc1ccc(P(=O)(c2ccccc2)c2ccccc2)cc1)c1ccc(C(C)=Nc2ccc(P(=O)(c3ccccc3)c3ccccc3)cc2)[nH]1. The Kier molecular flexibility index (Phi) is 9.77. The predicted octanol–water partition coefficient (Wildman–Crippen LogP) is 8.57. The van der Waals surface area contributed by atoms with E-state index >= 15 is 0 Å². The van der Waals surface area contributed by atoms with E-state index in [1.165, 1.54) is 0 Å². The zero-order chi connectivity index (χ0) is 35.3. The number of aromatic amines is 1. The maximum absolute atomic E-state index is 14.7. The van der Waals surface area contributed by atoms with Crippen LogP contribution in [0.2, 0.25) is 0 Å². The van der Waals surface area contributed by atoms with Crippen LogP contribution >= 0.6 is 14.3 Å². The van der Waals surface area contributed by atoms with Gasteiger partial charge in [-0.05, 0) is 74.5 Å². The van der Waals surface area contributed by atoms with E-state index in [1.807, 2.05) is 196 Å². The molecule has 7 rings (SSSR count). The largest absolute Gasteiger partial charge is 0.353 e. The Morgan fingerprint density at radius 3 is 0.902 bits per heavy atom. The number of hydrogen-bond donors (Lipinski definition) is 1. The molecule has 51 heavy (non-hydrogen) atoms. The molecule has 0 spiro atoms. The normalized spacial score (nSPS) is 12.5. The van der Waals surface area contributed by atoms with Gasteiger partial charge < -0.3 is 14.1 Å². The second kappa shape index (κ2) is 14.7. The highest BCUT2D eigenvalue weighted by Gasteiger charge is 2.30. The zero-order valence-electron chi connectivity index (χ0n) is 28.4. The second-order valence-electron chi connectivity index (χ2n) is 12.3. The second-order valence-corrected chi connectivity index (χ2v) is 17.8. The summed E-state index contributed by atoms with van der Waals surface area (Å²) in [7, 11) is -6.09. The third kappa shape index (κ3) is 6.92. The summed E-state index contributed by atoms with van der Waals surface area (Å²) < 4.78 is 29.4. The molecule has 0 aliphatic carbocycles. The molecule has 0 fully saturated rings. The Morgan fingerprint density at radius 2 is 0.627 bits per heavy atom. The number of hydrogen-bond acceptors (Lipinski definition) is 4. The quantitative estimate of drug-likeness (QED) is 0.115. The van der Waals surface area contributed by atoms with Gasteiger partial charge in [0.2, 0.25) is 0 Å². The monoisotopic (exact) mass is 701 g/mol. The molecule has 0 saturated heterocycles. The van der Waals surface area contributed by atoms with Crippen LogP contribution in [0.25, 0.3) is 0 Å². The topological polar surface area (TPSA) is 74.7 Å². The Labute approximate surface area is 299 Å². The molecule has 0 saturated carbocycles. The van der Waals surface area contributed by atoms with Gasteiger partial charge in [-0.15, -0.1) is 0 Å². The van der Waals surface area contributed by atoms with Gasteiger partial charge in [-0.3, -0.25) is 9.98 Å². The van der Waals surface area contributed by atoms with E-state index in [1.54, 1.807) is 0 Å². The molecule has 250 valence electrons. The van der Waals surface area contributed by atoms with Crippen molar-refractivity contribution in [3.8, 4) is 0 Å². The minimum absolute atomic E-state index is 0.765. The summed E-state index contributed by atoms with van der Waals surface area (Å²) in [6.07, 6.45) is 0. The fourth-order valence-corrected chi connectivity index (χ4v) is 11.5. The summed E-state index contributed by atoms with van der Waals surface area (Å²) in [5.41, 5.74) is 4.94. The van der Waals surface area contributed by atoms with Crippen molar-refractivity contribution in [1.29, 1.82) is 0 Å².